The van der Waals surface area contributed by atoms with Gasteiger partial charge in [-0.05, 0) is 32.0 Å². The molecule has 0 saturated heterocycles. The van der Waals surface area contributed by atoms with E-state index in [-0.39, 0.29) is 30.7 Å². The lowest BCUT2D eigenvalue weighted by Gasteiger charge is -2.14. The SMILES string of the molecule is CNC(C(=O)Nc1ccc(-c2cn3c(n2)CCCC3)cc1)c1cnn(C)c1.Cl.Cl. The highest BCUT2D eigenvalue weighted by Crippen LogP contribution is 2.24. The molecule has 9 heteroatoms. The first kappa shape index (κ1) is 22.9. The van der Waals surface area contributed by atoms with Gasteiger partial charge in [-0.25, -0.2) is 4.98 Å². The Morgan fingerprint density at radius 3 is 2.52 bits per heavy atom. The first-order chi connectivity index (χ1) is 13.1. The molecule has 0 bridgehead atoms. The molecule has 0 fully saturated rings. The molecule has 0 spiro atoms. The van der Waals surface area contributed by atoms with Crippen molar-refractivity contribution in [1.29, 1.82) is 0 Å². The fourth-order valence-corrected chi connectivity index (χ4v) is 3.53. The Morgan fingerprint density at radius 2 is 1.90 bits per heavy atom. The van der Waals surface area contributed by atoms with E-state index in [1.54, 1.807) is 17.9 Å². The van der Waals surface area contributed by atoms with Gasteiger partial charge in [-0.3, -0.25) is 9.48 Å². The number of nitrogens with one attached hydrogen (secondary N) is 2. The van der Waals surface area contributed by atoms with Crippen LogP contribution in [0.4, 0.5) is 5.69 Å². The number of benzene rings is 1. The number of fused-ring (bicyclic) bond motifs is 1. The molecule has 1 aliphatic rings. The molecule has 1 unspecified atom stereocenters. The zero-order valence-electron chi connectivity index (χ0n) is 16.5. The zero-order valence-corrected chi connectivity index (χ0v) is 18.1. The summed E-state index contributed by atoms with van der Waals surface area (Å²) in [6.07, 6.45) is 9.15. The second kappa shape index (κ2) is 9.91. The normalized spacial score (nSPS) is 13.6. The minimum Gasteiger partial charge on any atom is -0.334 e. The Balaban J connectivity index is 0.00000150. The molecular formula is C20H26Cl2N6O. The molecule has 2 aromatic heterocycles. The van der Waals surface area contributed by atoms with Crippen molar-refractivity contribution in [2.24, 2.45) is 7.05 Å². The molecule has 0 aliphatic carbocycles. The predicted octanol–water partition coefficient (Wildman–Crippen LogP) is 3.36. The number of imidazole rings is 1. The van der Waals surface area contributed by atoms with E-state index in [0.717, 1.165) is 35.5 Å². The summed E-state index contributed by atoms with van der Waals surface area (Å²) in [6, 6.07) is 7.40. The molecule has 29 heavy (non-hydrogen) atoms. The number of hydrogen-bond donors (Lipinski definition) is 2. The van der Waals surface area contributed by atoms with E-state index in [4.69, 9.17) is 4.98 Å². The molecular weight excluding hydrogens is 411 g/mol. The van der Waals surface area contributed by atoms with Gasteiger partial charge >= 0.3 is 0 Å². The molecule has 1 atom stereocenters. The fraction of sp³-hybridized carbons (Fsp3) is 0.350. The minimum atomic E-state index is -0.446. The van der Waals surface area contributed by atoms with Crippen molar-refractivity contribution in [2.75, 3.05) is 12.4 Å². The predicted molar refractivity (Wildman–Crippen MR) is 119 cm³/mol. The first-order valence-electron chi connectivity index (χ1n) is 9.27. The number of halogens is 2. The van der Waals surface area contributed by atoms with Crippen LogP contribution in [0.1, 0.15) is 30.3 Å². The number of amides is 1. The van der Waals surface area contributed by atoms with Gasteiger partial charge in [0.05, 0.1) is 11.9 Å². The highest BCUT2D eigenvalue weighted by atomic mass is 35.5. The van der Waals surface area contributed by atoms with Gasteiger partial charge in [0.25, 0.3) is 0 Å². The van der Waals surface area contributed by atoms with Crippen LogP contribution in [0.5, 0.6) is 0 Å². The van der Waals surface area contributed by atoms with Crippen LogP contribution in [-0.4, -0.2) is 32.3 Å². The summed E-state index contributed by atoms with van der Waals surface area (Å²) in [5, 5.41) is 10.1. The van der Waals surface area contributed by atoms with Crippen molar-refractivity contribution >= 4 is 36.4 Å². The second-order valence-electron chi connectivity index (χ2n) is 6.93. The van der Waals surface area contributed by atoms with Crippen LogP contribution in [0.25, 0.3) is 11.3 Å². The molecule has 2 N–H and O–H groups in total. The fourth-order valence-electron chi connectivity index (χ4n) is 3.53. The standard InChI is InChI=1S/C20H24N6O.2ClH/c1-21-19(15-11-22-25(2)12-15)20(27)23-16-8-6-14(7-9-16)17-13-26-10-4-3-5-18(26)24-17;;/h6-9,11-13,19,21H,3-5,10H2,1-2H3,(H,23,27);2*1H. The first-order valence-corrected chi connectivity index (χ1v) is 9.27. The molecule has 0 radical (unpaired) electrons. The van der Waals surface area contributed by atoms with Crippen LogP contribution >= 0.6 is 24.8 Å². The Bertz CT molecular complexity index is 927. The summed E-state index contributed by atoms with van der Waals surface area (Å²) >= 11 is 0. The van der Waals surface area contributed by atoms with Crippen LogP contribution < -0.4 is 10.6 Å². The summed E-state index contributed by atoms with van der Waals surface area (Å²) in [4.78, 5) is 17.4. The zero-order chi connectivity index (χ0) is 18.8. The van der Waals surface area contributed by atoms with Crippen molar-refractivity contribution in [3.63, 3.8) is 0 Å². The molecule has 3 heterocycles. The number of hydrogen-bond acceptors (Lipinski definition) is 4. The lowest BCUT2D eigenvalue weighted by molar-refractivity contribution is -0.118. The van der Waals surface area contributed by atoms with Crippen LogP contribution in [0, 0.1) is 0 Å². The maximum atomic E-state index is 12.6. The number of carbonyl (C=O) groups excluding carboxylic acids is 1. The molecule has 0 saturated carbocycles. The third-order valence-electron chi connectivity index (χ3n) is 4.97. The quantitative estimate of drug-likeness (QED) is 0.642. The van der Waals surface area contributed by atoms with Crippen molar-refractivity contribution in [1.82, 2.24) is 24.6 Å². The van der Waals surface area contributed by atoms with Crippen molar-refractivity contribution < 1.29 is 4.79 Å². The van der Waals surface area contributed by atoms with Crippen molar-refractivity contribution in [3.05, 3.63) is 54.2 Å². The monoisotopic (exact) mass is 436 g/mol. The van der Waals surface area contributed by atoms with E-state index in [2.05, 4.69) is 26.5 Å². The maximum absolute atomic E-state index is 12.6. The van der Waals surface area contributed by atoms with Crippen LogP contribution in [-0.2, 0) is 24.8 Å². The Labute approximate surface area is 182 Å². The smallest absolute Gasteiger partial charge is 0.246 e. The third-order valence-corrected chi connectivity index (χ3v) is 4.97. The van der Waals surface area contributed by atoms with Gasteiger partial charge in [0.1, 0.15) is 11.9 Å². The van der Waals surface area contributed by atoms with Crippen LogP contribution in [0.2, 0.25) is 0 Å². The number of likely N-dealkylation sites (N-methyl/N-ethyl adjacent to an activating group) is 1. The summed E-state index contributed by atoms with van der Waals surface area (Å²) in [5.41, 5.74) is 3.65. The summed E-state index contributed by atoms with van der Waals surface area (Å²) in [7, 11) is 3.60. The van der Waals surface area contributed by atoms with E-state index in [1.165, 1.54) is 18.7 Å². The van der Waals surface area contributed by atoms with Gasteiger partial charge in [-0.2, -0.15) is 5.10 Å². The number of nitrogens with zero attached hydrogens (tertiary/aromatic N) is 4. The molecule has 1 amide bonds. The molecule has 1 aromatic carbocycles. The lowest BCUT2D eigenvalue weighted by Crippen LogP contribution is -2.30. The highest BCUT2D eigenvalue weighted by Gasteiger charge is 2.20. The Morgan fingerprint density at radius 1 is 1.14 bits per heavy atom. The van der Waals surface area contributed by atoms with E-state index < -0.39 is 6.04 Å². The molecule has 1 aliphatic heterocycles. The summed E-state index contributed by atoms with van der Waals surface area (Å²) in [6.45, 7) is 1.05. The molecule has 4 rings (SSSR count). The Kier molecular flexibility index (Phi) is 7.84. The average Bonchev–Trinajstić information content (AvgIpc) is 3.29. The largest absolute Gasteiger partial charge is 0.334 e. The van der Waals surface area contributed by atoms with Gasteiger partial charge in [0.2, 0.25) is 5.91 Å². The lowest BCUT2D eigenvalue weighted by atomic mass is 10.1. The summed E-state index contributed by atoms with van der Waals surface area (Å²) < 4.78 is 3.94. The second-order valence-corrected chi connectivity index (χ2v) is 6.93. The molecule has 156 valence electrons. The van der Waals surface area contributed by atoms with Gasteiger partial charge in [-0.15, -0.1) is 24.8 Å². The van der Waals surface area contributed by atoms with E-state index in [9.17, 15) is 4.79 Å². The number of anilines is 1. The topological polar surface area (TPSA) is 76.8 Å². The van der Waals surface area contributed by atoms with Gasteiger partial charge in [-0.1, -0.05) is 12.1 Å². The third kappa shape index (κ3) is 4.98. The number of aryl methyl sites for hydroxylation is 3. The van der Waals surface area contributed by atoms with Crippen molar-refractivity contribution in [3.8, 4) is 11.3 Å². The van der Waals surface area contributed by atoms with Crippen LogP contribution in [0.3, 0.4) is 0 Å². The van der Waals surface area contributed by atoms with E-state index in [1.807, 2.05) is 37.5 Å². The highest BCUT2D eigenvalue weighted by molar-refractivity contribution is 5.95. The number of rotatable bonds is 5. The van der Waals surface area contributed by atoms with Crippen LogP contribution in [0.15, 0.2) is 42.9 Å². The molecule has 7 nitrogen and oxygen atoms in total. The Hall–Kier alpha value is -2.35. The minimum absolute atomic E-state index is 0. The van der Waals surface area contributed by atoms with Gasteiger partial charge in [0, 0.05) is 49.2 Å². The van der Waals surface area contributed by atoms with E-state index in [0.29, 0.717) is 0 Å². The number of aromatic nitrogens is 4. The van der Waals surface area contributed by atoms with Gasteiger partial charge < -0.3 is 15.2 Å². The summed E-state index contributed by atoms with van der Waals surface area (Å²) in [5.74, 6) is 1.05. The van der Waals surface area contributed by atoms with E-state index >= 15 is 0 Å². The average molecular weight is 437 g/mol. The molecule has 3 aromatic rings. The maximum Gasteiger partial charge on any atom is 0.246 e. The number of carbonyl (C=O) groups is 1. The van der Waals surface area contributed by atoms with Gasteiger partial charge in [0.15, 0.2) is 0 Å². The van der Waals surface area contributed by atoms with Crippen molar-refractivity contribution in [2.45, 2.75) is 31.8 Å².